The summed E-state index contributed by atoms with van der Waals surface area (Å²) in [7, 11) is 0. The molecule has 2 saturated heterocycles. The van der Waals surface area contributed by atoms with Gasteiger partial charge in [0, 0.05) is 6.04 Å². The van der Waals surface area contributed by atoms with E-state index in [0.29, 0.717) is 12.0 Å². The molecule has 82 valence electrons. The molecule has 15 heavy (non-hydrogen) atoms. The number of nitrogens with zero attached hydrogens (tertiary/aromatic N) is 1. The average Bonchev–Trinajstić information content (AvgIpc) is 2.72. The van der Waals surface area contributed by atoms with Crippen molar-refractivity contribution in [3.8, 4) is 0 Å². The van der Waals surface area contributed by atoms with Gasteiger partial charge in [0.25, 0.3) is 0 Å². The average molecular weight is 208 g/mol. The van der Waals surface area contributed by atoms with Gasteiger partial charge in [0.05, 0.1) is 0 Å². The number of hydrogen-bond acceptors (Lipinski definition) is 2. The van der Waals surface area contributed by atoms with E-state index in [-0.39, 0.29) is 23.9 Å². The molecule has 3 rings (SSSR count). The van der Waals surface area contributed by atoms with Crippen LogP contribution in [-0.2, 0) is 9.59 Å². The summed E-state index contributed by atoms with van der Waals surface area (Å²) < 4.78 is 0. The van der Waals surface area contributed by atoms with Gasteiger partial charge in [-0.1, -0.05) is 6.42 Å². The number of carbonyl (C=O) groups excluding carboxylic acids is 2. The summed E-state index contributed by atoms with van der Waals surface area (Å²) >= 11 is 0. The lowest BCUT2D eigenvalue weighted by Gasteiger charge is -2.36. The largest absolute Gasteiger partial charge is 0.343 e. The van der Waals surface area contributed by atoms with E-state index in [4.69, 9.17) is 0 Å². The predicted octanol–water partition coefficient (Wildman–Crippen LogP) is 0.274. The molecule has 0 aromatic carbocycles. The number of piperazine rings is 1. The summed E-state index contributed by atoms with van der Waals surface area (Å²) in [5.74, 6) is 0.750. The van der Waals surface area contributed by atoms with Gasteiger partial charge >= 0.3 is 0 Å². The van der Waals surface area contributed by atoms with E-state index < -0.39 is 0 Å². The van der Waals surface area contributed by atoms with Crippen LogP contribution in [-0.4, -0.2) is 34.8 Å². The van der Waals surface area contributed by atoms with Gasteiger partial charge in [-0.2, -0.15) is 0 Å². The van der Waals surface area contributed by atoms with Crippen molar-refractivity contribution in [3.05, 3.63) is 0 Å². The summed E-state index contributed by atoms with van der Waals surface area (Å²) in [4.78, 5) is 25.6. The van der Waals surface area contributed by atoms with Crippen molar-refractivity contribution in [2.75, 3.05) is 0 Å². The zero-order chi connectivity index (χ0) is 10.6. The summed E-state index contributed by atoms with van der Waals surface area (Å²) in [6, 6.07) is -0.131. The Hall–Kier alpha value is -1.06. The standard InChI is InChI=1S/C11H16N2O2/c1-6-11(15)13-8-4-2-3-7(8)5-9(13)10(14)12-6/h6-9H,2-5H2,1H3,(H,12,14)/t6-,7+,8?,9+/m0/s1. The summed E-state index contributed by atoms with van der Waals surface area (Å²) in [6.07, 6.45) is 4.37. The third-order valence-corrected chi connectivity index (χ3v) is 4.12. The molecule has 1 N–H and O–H groups in total. The maximum atomic E-state index is 12.0. The second-order valence-electron chi connectivity index (χ2n) is 4.99. The topological polar surface area (TPSA) is 49.4 Å². The van der Waals surface area contributed by atoms with Crippen LogP contribution in [0.4, 0.5) is 0 Å². The lowest BCUT2D eigenvalue weighted by Crippen LogP contribution is -2.61. The number of rotatable bonds is 0. The first-order chi connectivity index (χ1) is 7.18. The van der Waals surface area contributed by atoms with Gasteiger partial charge in [-0.05, 0) is 32.1 Å². The van der Waals surface area contributed by atoms with Crippen LogP contribution in [0.1, 0.15) is 32.6 Å². The molecule has 2 aliphatic heterocycles. The maximum Gasteiger partial charge on any atom is 0.245 e. The fraction of sp³-hybridized carbons (Fsp3) is 0.818. The first-order valence-corrected chi connectivity index (χ1v) is 5.81. The molecule has 1 aliphatic carbocycles. The fourth-order valence-corrected chi connectivity index (χ4v) is 3.44. The summed E-state index contributed by atoms with van der Waals surface area (Å²) in [5, 5.41) is 2.76. The first kappa shape index (κ1) is 9.19. The molecule has 2 amide bonds. The van der Waals surface area contributed by atoms with Crippen LogP contribution in [0.2, 0.25) is 0 Å². The molecule has 0 aromatic rings. The van der Waals surface area contributed by atoms with Crippen molar-refractivity contribution in [1.82, 2.24) is 10.2 Å². The Morgan fingerprint density at radius 2 is 2.13 bits per heavy atom. The molecular formula is C11H16N2O2. The quantitative estimate of drug-likeness (QED) is 0.621. The van der Waals surface area contributed by atoms with Gasteiger partial charge in [-0.15, -0.1) is 0 Å². The summed E-state index contributed by atoms with van der Waals surface area (Å²) in [6.45, 7) is 1.78. The van der Waals surface area contributed by atoms with E-state index in [1.807, 2.05) is 4.90 Å². The van der Waals surface area contributed by atoms with Gasteiger partial charge in [-0.25, -0.2) is 0 Å². The minimum absolute atomic E-state index is 0.0523. The molecule has 0 bridgehead atoms. The van der Waals surface area contributed by atoms with Crippen LogP contribution in [0.25, 0.3) is 0 Å². The van der Waals surface area contributed by atoms with E-state index in [0.717, 1.165) is 12.8 Å². The normalized spacial score (nSPS) is 43.9. The van der Waals surface area contributed by atoms with Gasteiger partial charge < -0.3 is 10.2 Å². The molecule has 4 nitrogen and oxygen atoms in total. The fourth-order valence-electron chi connectivity index (χ4n) is 3.44. The minimum atomic E-state index is -0.326. The molecule has 4 heteroatoms. The zero-order valence-corrected chi connectivity index (χ0v) is 8.90. The van der Waals surface area contributed by atoms with Crippen molar-refractivity contribution in [1.29, 1.82) is 0 Å². The highest BCUT2D eigenvalue weighted by atomic mass is 16.2. The molecule has 4 atom stereocenters. The molecule has 0 radical (unpaired) electrons. The van der Waals surface area contributed by atoms with Crippen molar-refractivity contribution < 1.29 is 9.59 Å². The second kappa shape index (κ2) is 2.97. The second-order valence-corrected chi connectivity index (χ2v) is 4.99. The zero-order valence-electron chi connectivity index (χ0n) is 8.90. The highest BCUT2D eigenvalue weighted by molar-refractivity contribution is 5.97. The Balaban J connectivity index is 1.93. The van der Waals surface area contributed by atoms with Crippen molar-refractivity contribution in [3.63, 3.8) is 0 Å². The number of carbonyl (C=O) groups is 2. The maximum absolute atomic E-state index is 12.0. The van der Waals surface area contributed by atoms with Crippen LogP contribution < -0.4 is 5.32 Å². The van der Waals surface area contributed by atoms with Crippen LogP contribution in [0.3, 0.4) is 0 Å². The Bertz CT molecular complexity index is 329. The highest BCUT2D eigenvalue weighted by Crippen LogP contribution is 2.42. The third-order valence-electron chi connectivity index (χ3n) is 4.12. The number of fused-ring (bicyclic) bond motifs is 3. The highest BCUT2D eigenvalue weighted by Gasteiger charge is 2.51. The van der Waals surface area contributed by atoms with Gasteiger partial charge in [0.15, 0.2) is 0 Å². The molecule has 1 unspecified atom stereocenters. The van der Waals surface area contributed by atoms with Crippen LogP contribution in [0.5, 0.6) is 0 Å². The minimum Gasteiger partial charge on any atom is -0.343 e. The number of amides is 2. The predicted molar refractivity (Wildman–Crippen MR) is 54.0 cm³/mol. The smallest absolute Gasteiger partial charge is 0.245 e. The van der Waals surface area contributed by atoms with Crippen LogP contribution in [0, 0.1) is 5.92 Å². The Kier molecular flexibility index (Phi) is 1.82. The lowest BCUT2D eigenvalue weighted by atomic mass is 10.0. The molecule has 0 aromatic heterocycles. The third kappa shape index (κ3) is 1.13. The Labute approximate surface area is 89.0 Å². The molecule has 0 spiro atoms. The molecule has 3 aliphatic rings. The van der Waals surface area contributed by atoms with E-state index in [9.17, 15) is 9.59 Å². The number of nitrogens with one attached hydrogen (secondary N) is 1. The first-order valence-electron chi connectivity index (χ1n) is 5.81. The van der Waals surface area contributed by atoms with Gasteiger partial charge in [0.1, 0.15) is 12.1 Å². The molecule has 1 saturated carbocycles. The molecule has 2 heterocycles. The molecular weight excluding hydrogens is 192 g/mol. The van der Waals surface area contributed by atoms with Crippen molar-refractivity contribution >= 4 is 11.8 Å². The van der Waals surface area contributed by atoms with Crippen LogP contribution in [0.15, 0.2) is 0 Å². The van der Waals surface area contributed by atoms with E-state index >= 15 is 0 Å². The van der Waals surface area contributed by atoms with E-state index in [1.54, 1.807) is 6.92 Å². The van der Waals surface area contributed by atoms with Crippen LogP contribution >= 0.6 is 0 Å². The van der Waals surface area contributed by atoms with Gasteiger partial charge in [-0.3, -0.25) is 9.59 Å². The number of hydrogen-bond donors (Lipinski definition) is 1. The van der Waals surface area contributed by atoms with E-state index in [1.165, 1.54) is 12.8 Å². The summed E-state index contributed by atoms with van der Waals surface area (Å²) in [5.41, 5.74) is 0. The lowest BCUT2D eigenvalue weighted by molar-refractivity contribution is -0.148. The Morgan fingerprint density at radius 3 is 2.93 bits per heavy atom. The Morgan fingerprint density at radius 1 is 1.33 bits per heavy atom. The van der Waals surface area contributed by atoms with Crippen molar-refractivity contribution in [2.24, 2.45) is 5.92 Å². The van der Waals surface area contributed by atoms with E-state index in [2.05, 4.69) is 5.32 Å². The van der Waals surface area contributed by atoms with Gasteiger partial charge in [0.2, 0.25) is 11.8 Å². The molecule has 3 fully saturated rings. The SMILES string of the molecule is C[C@@H]1NC(=O)[C@H]2C[C@H]3CCCC3N2C1=O. The van der Waals surface area contributed by atoms with Crippen molar-refractivity contribution in [2.45, 2.75) is 50.7 Å². The monoisotopic (exact) mass is 208 g/mol.